The topological polar surface area (TPSA) is 90.9 Å². The number of Topliss-reactive ketones (excluding diaryl/α,β-unsaturated/α-hetero) is 1. The van der Waals surface area contributed by atoms with Gasteiger partial charge in [0, 0.05) is 28.6 Å². The molecule has 0 saturated heterocycles. The maximum Gasteiger partial charge on any atom is 0.336 e. The highest BCUT2D eigenvalue weighted by atomic mass is 32.2. The molecule has 0 saturated carbocycles. The summed E-state index contributed by atoms with van der Waals surface area (Å²) < 4.78 is 15.8. The normalized spacial score (nSPS) is 22.5. The summed E-state index contributed by atoms with van der Waals surface area (Å²) in [5.74, 6) is -0.817. The van der Waals surface area contributed by atoms with Crippen LogP contribution >= 0.6 is 11.8 Å². The second kappa shape index (κ2) is 10.9. The van der Waals surface area contributed by atoms with Crippen LogP contribution in [0.1, 0.15) is 38.7 Å². The molecule has 0 amide bonds. The molecule has 1 N–H and O–H groups in total. The lowest BCUT2D eigenvalue weighted by Crippen LogP contribution is -2.43. The Kier molecular flexibility index (Phi) is 8.24. The molecule has 178 valence electrons. The van der Waals surface area contributed by atoms with Crippen LogP contribution in [0.4, 0.5) is 0 Å². The van der Waals surface area contributed by atoms with E-state index in [9.17, 15) is 14.4 Å². The smallest absolute Gasteiger partial charge is 0.336 e. The van der Waals surface area contributed by atoms with Crippen molar-refractivity contribution in [1.29, 1.82) is 0 Å². The largest absolute Gasteiger partial charge is 0.497 e. The first-order chi connectivity index (χ1) is 15.8. The molecule has 0 aromatic heterocycles. The van der Waals surface area contributed by atoms with Crippen molar-refractivity contribution in [2.24, 2.45) is 11.8 Å². The number of carbonyl (C=O) groups is 3. The predicted molar refractivity (Wildman–Crippen MR) is 127 cm³/mol. The molecular weight excluding hydrogens is 442 g/mol. The minimum absolute atomic E-state index is 0.222. The van der Waals surface area contributed by atoms with Crippen molar-refractivity contribution in [3.05, 3.63) is 52.4 Å². The van der Waals surface area contributed by atoms with Crippen molar-refractivity contribution >= 4 is 29.5 Å². The number of hydrogen-bond acceptors (Lipinski definition) is 8. The Hall–Kier alpha value is -2.74. The number of hydrogen-bond donors (Lipinski definition) is 1. The number of nitrogens with one attached hydrogen (secondary N) is 1. The molecule has 1 aliphatic carbocycles. The first kappa shape index (κ1) is 24.9. The van der Waals surface area contributed by atoms with Gasteiger partial charge in [0.2, 0.25) is 0 Å². The number of methoxy groups -OCH3 is 2. The SMILES string of the molecule is CCSCCOC(=O)C1=C(C)NC2=C(C(=O)[C@H](C(=O)OC)[C@@H](C)C2)[C@H]1c1ccc(OC)cc1. The van der Waals surface area contributed by atoms with Crippen molar-refractivity contribution in [3.63, 3.8) is 0 Å². The van der Waals surface area contributed by atoms with E-state index in [-0.39, 0.29) is 18.3 Å². The van der Waals surface area contributed by atoms with E-state index in [2.05, 4.69) is 5.32 Å². The molecule has 0 unspecified atom stereocenters. The molecule has 7 nitrogen and oxygen atoms in total. The highest BCUT2D eigenvalue weighted by molar-refractivity contribution is 7.99. The molecule has 0 bridgehead atoms. The summed E-state index contributed by atoms with van der Waals surface area (Å²) in [4.78, 5) is 39.3. The van der Waals surface area contributed by atoms with Gasteiger partial charge >= 0.3 is 11.9 Å². The van der Waals surface area contributed by atoms with Crippen LogP contribution in [0.15, 0.2) is 46.8 Å². The number of thioether (sulfide) groups is 1. The molecule has 1 aliphatic heterocycles. The molecule has 1 heterocycles. The Morgan fingerprint density at radius 1 is 1.18 bits per heavy atom. The summed E-state index contributed by atoms with van der Waals surface area (Å²) in [5.41, 5.74) is 2.95. The number of dihydropyridines is 1. The van der Waals surface area contributed by atoms with Crippen molar-refractivity contribution in [1.82, 2.24) is 5.32 Å². The van der Waals surface area contributed by atoms with Crippen LogP contribution in [0.25, 0.3) is 0 Å². The Bertz CT molecular complexity index is 981. The maximum atomic E-state index is 13.6. The summed E-state index contributed by atoms with van der Waals surface area (Å²) in [6.07, 6.45) is 0.500. The van der Waals surface area contributed by atoms with Gasteiger partial charge < -0.3 is 19.5 Å². The van der Waals surface area contributed by atoms with E-state index in [0.717, 1.165) is 17.0 Å². The Labute approximate surface area is 198 Å². The van der Waals surface area contributed by atoms with Crippen LogP contribution in [0.2, 0.25) is 0 Å². The average molecular weight is 474 g/mol. The minimum Gasteiger partial charge on any atom is -0.497 e. The average Bonchev–Trinajstić information content (AvgIpc) is 2.80. The quantitative estimate of drug-likeness (QED) is 0.348. The monoisotopic (exact) mass is 473 g/mol. The van der Waals surface area contributed by atoms with E-state index in [1.54, 1.807) is 31.0 Å². The van der Waals surface area contributed by atoms with E-state index in [1.807, 2.05) is 32.9 Å². The molecular formula is C25H31NO6S. The van der Waals surface area contributed by atoms with Crippen LogP contribution in [-0.2, 0) is 23.9 Å². The van der Waals surface area contributed by atoms with Crippen LogP contribution in [0.3, 0.4) is 0 Å². The molecule has 0 fully saturated rings. The second-order valence-electron chi connectivity index (χ2n) is 8.14. The maximum absolute atomic E-state index is 13.6. The van der Waals surface area contributed by atoms with Gasteiger partial charge in [-0.2, -0.15) is 11.8 Å². The molecule has 2 aliphatic rings. The van der Waals surface area contributed by atoms with E-state index in [4.69, 9.17) is 14.2 Å². The number of ether oxygens (including phenoxy) is 3. The highest BCUT2D eigenvalue weighted by Gasteiger charge is 2.47. The fourth-order valence-electron chi connectivity index (χ4n) is 4.50. The fourth-order valence-corrected chi connectivity index (χ4v) is 4.99. The first-order valence-corrected chi connectivity index (χ1v) is 12.2. The van der Waals surface area contributed by atoms with Crippen molar-refractivity contribution in [2.45, 2.75) is 33.1 Å². The van der Waals surface area contributed by atoms with E-state index >= 15 is 0 Å². The van der Waals surface area contributed by atoms with E-state index in [1.165, 1.54) is 7.11 Å². The summed E-state index contributed by atoms with van der Waals surface area (Å²) in [7, 11) is 2.86. The molecule has 0 radical (unpaired) electrons. The number of carbonyl (C=O) groups excluding carboxylic acids is 3. The van der Waals surface area contributed by atoms with Crippen molar-refractivity contribution in [2.75, 3.05) is 32.3 Å². The molecule has 1 aromatic rings. The van der Waals surface area contributed by atoms with Gasteiger partial charge in [0.15, 0.2) is 5.78 Å². The lowest BCUT2D eigenvalue weighted by molar-refractivity contribution is -0.151. The molecule has 1 aromatic carbocycles. The fraction of sp³-hybridized carbons (Fsp3) is 0.480. The number of benzene rings is 1. The van der Waals surface area contributed by atoms with Crippen LogP contribution in [0, 0.1) is 11.8 Å². The zero-order valence-electron chi connectivity index (χ0n) is 19.7. The molecule has 0 spiro atoms. The lowest BCUT2D eigenvalue weighted by atomic mass is 9.69. The second-order valence-corrected chi connectivity index (χ2v) is 9.54. The number of rotatable bonds is 8. The van der Waals surface area contributed by atoms with Gasteiger partial charge in [0.1, 0.15) is 18.3 Å². The first-order valence-electron chi connectivity index (χ1n) is 11.1. The summed E-state index contributed by atoms with van der Waals surface area (Å²) in [6, 6.07) is 7.26. The van der Waals surface area contributed by atoms with Crippen LogP contribution < -0.4 is 10.1 Å². The van der Waals surface area contributed by atoms with Crippen molar-refractivity contribution < 1.29 is 28.6 Å². The lowest BCUT2D eigenvalue weighted by Gasteiger charge is -2.38. The van der Waals surface area contributed by atoms with Crippen molar-refractivity contribution in [3.8, 4) is 5.75 Å². The number of esters is 2. The third kappa shape index (κ3) is 5.11. The molecule has 3 rings (SSSR count). The molecule has 33 heavy (non-hydrogen) atoms. The van der Waals surface area contributed by atoms with Gasteiger partial charge in [-0.25, -0.2) is 4.79 Å². The summed E-state index contributed by atoms with van der Waals surface area (Å²) in [6.45, 7) is 6.01. The zero-order valence-corrected chi connectivity index (χ0v) is 20.5. The highest BCUT2D eigenvalue weighted by Crippen LogP contribution is 2.45. The van der Waals surface area contributed by atoms with E-state index < -0.39 is 23.8 Å². The Morgan fingerprint density at radius 2 is 1.88 bits per heavy atom. The van der Waals surface area contributed by atoms with Gasteiger partial charge in [-0.15, -0.1) is 0 Å². The van der Waals surface area contributed by atoms with Gasteiger partial charge in [0.05, 0.1) is 19.8 Å². The van der Waals surface area contributed by atoms with Gasteiger partial charge in [-0.3, -0.25) is 9.59 Å². The van der Waals surface area contributed by atoms with Crippen LogP contribution in [-0.4, -0.2) is 50.1 Å². The van der Waals surface area contributed by atoms with Gasteiger partial charge in [-0.05, 0) is 42.7 Å². The van der Waals surface area contributed by atoms with E-state index in [0.29, 0.717) is 34.8 Å². The number of ketones is 1. The minimum atomic E-state index is -0.909. The summed E-state index contributed by atoms with van der Waals surface area (Å²) >= 11 is 1.69. The third-order valence-corrected chi connectivity index (χ3v) is 6.94. The van der Waals surface area contributed by atoms with Crippen LogP contribution in [0.5, 0.6) is 5.75 Å². The zero-order chi connectivity index (χ0) is 24.1. The predicted octanol–water partition coefficient (Wildman–Crippen LogP) is 3.60. The number of allylic oxidation sites excluding steroid dienone is 3. The summed E-state index contributed by atoms with van der Waals surface area (Å²) in [5, 5.41) is 3.27. The van der Waals surface area contributed by atoms with Gasteiger partial charge in [0.25, 0.3) is 0 Å². The van der Waals surface area contributed by atoms with Gasteiger partial charge in [-0.1, -0.05) is 26.0 Å². The Morgan fingerprint density at radius 3 is 2.48 bits per heavy atom. The molecule has 3 atom stereocenters. The molecule has 8 heteroatoms. The third-order valence-electron chi connectivity index (χ3n) is 6.08. The Balaban J connectivity index is 2.06. The standard InChI is InChI=1S/C25H31NO6S/c1-6-33-12-11-32-25(29)20-15(3)26-18-13-14(2)19(24(28)31-5)23(27)22(18)21(20)16-7-9-17(30-4)10-8-16/h7-10,14,19,21,26H,6,11-13H2,1-5H3/t14-,19+,21-/m0/s1.